The lowest BCUT2D eigenvalue weighted by Crippen LogP contribution is -2.35. The fourth-order valence-electron chi connectivity index (χ4n) is 3.64. The minimum atomic E-state index is -0.117. The fourth-order valence-corrected chi connectivity index (χ4v) is 3.64. The number of carbonyl (C=O) groups is 1. The van der Waals surface area contributed by atoms with Crippen LogP contribution in [0.4, 0.5) is 0 Å². The first kappa shape index (κ1) is 6.93. The van der Waals surface area contributed by atoms with E-state index in [1.165, 1.54) is 6.42 Å². The van der Waals surface area contributed by atoms with Gasteiger partial charge in [-0.25, -0.2) is 0 Å². The summed E-state index contributed by atoms with van der Waals surface area (Å²) in [4.78, 5) is 11.6. The van der Waals surface area contributed by atoms with Crippen LogP contribution in [0.3, 0.4) is 0 Å². The first-order valence-corrected chi connectivity index (χ1v) is 4.85. The largest absolute Gasteiger partial charge is 0.462 e. The molecule has 0 spiro atoms. The smallest absolute Gasteiger partial charge is 0.312 e. The maximum Gasteiger partial charge on any atom is 0.312 e. The van der Waals surface area contributed by atoms with Crippen LogP contribution in [0.1, 0.15) is 26.7 Å². The molecule has 2 bridgehead atoms. The van der Waals surface area contributed by atoms with Crippen molar-refractivity contribution in [2.75, 3.05) is 0 Å². The zero-order chi connectivity index (χ0) is 8.51. The molecule has 2 aliphatic carbocycles. The van der Waals surface area contributed by atoms with Crippen LogP contribution in [0, 0.1) is 23.2 Å². The lowest BCUT2D eigenvalue weighted by molar-refractivity contribution is -0.148. The van der Waals surface area contributed by atoms with Crippen LogP contribution in [-0.2, 0) is 9.53 Å². The van der Waals surface area contributed by atoms with Gasteiger partial charge >= 0.3 is 5.97 Å². The van der Waals surface area contributed by atoms with Gasteiger partial charge in [-0.3, -0.25) is 4.79 Å². The van der Waals surface area contributed by atoms with Gasteiger partial charge in [0, 0.05) is 5.92 Å². The number of hydrogen-bond acceptors (Lipinski definition) is 2. The zero-order valence-electron chi connectivity index (χ0n) is 7.54. The van der Waals surface area contributed by atoms with E-state index in [1.54, 1.807) is 0 Å². The lowest BCUT2D eigenvalue weighted by Gasteiger charge is -2.29. The first-order chi connectivity index (χ1) is 5.64. The summed E-state index contributed by atoms with van der Waals surface area (Å²) in [5, 5.41) is 0. The van der Waals surface area contributed by atoms with Gasteiger partial charge in [0.25, 0.3) is 0 Å². The second-order valence-electron chi connectivity index (χ2n) is 4.85. The van der Waals surface area contributed by atoms with E-state index in [4.69, 9.17) is 4.74 Å². The molecule has 4 unspecified atom stereocenters. The third-order valence-electron chi connectivity index (χ3n) is 4.66. The molecule has 0 aromatic carbocycles. The van der Waals surface area contributed by atoms with Crippen LogP contribution in [0.25, 0.3) is 0 Å². The predicted molar refractivity (Wildman–Crippen MR) is 43.4 cm³/mol. The summed E-state index contributed by atoms with van der Waals surface area (Å²) in [5.74, 6) is 1.93. The summed E-state index contributed by atoms with van der Waals surface area (Å²) >= 11 is 0. The molecule has 2 heteroatoms. The van der Waals surface area contributed by atoms with E-state index in [0.717, 1.165) is 12.3 Å². The normalized spacial score (nSPS) is 61.0. The predicted octanol–water partition coefficient (Wildman–Crippen LogP) is 1.59. The highest BCUT2D eigenvalue weighted by Gasteiger charge is 2.67. The summed E-state index contributed by atoms with van der Waals surface area (Å²) in [5.41, 5.74) is -0.117. The minimum absolute atomic E-state index is 0.0741. The zero-order valence-corrected chi connectivity index (χ0v) is 7.54. The third-order valence-corrected chi connectivity index (χ3v) is 4.66. The second-order valence-corrected chi connectivity index (χ2v) is 4.85. The van der Waals surface area contributed by atoms with E-state index >= 15 is 0 Å². The van der Waals surface area contributed by atoms with Crippen molar-refractivity contribution in [1.82, 2.24) is 0 Å². The van der Waals surface area contributed by atoms with Gasteiger partial charge in [0.15, 0.2) is 0 Å². The van der Waals surface area contributed by atoms with E-state index in [-0.39, 0.29) is 17.5 Å². The van der Waals surface area contributed by atoms with Gasteiger partial charge in [-0.2, -0.15) is 0 Å². The maximum atomic E-state index is 11.6. The van der Waals surface area contributed by atoms with Gasteiger partial charge in [0.2, 0.25) is 0 Å². The maximum absolute atomic E-state index is 11.6. The molecule has 2 saturated carbocycles. The van der Waals surface area contributed by atoms with Crippen LogP contribution < -0.4 is 0 Å². The summed E-state index contributed by atoms with van der Waals surface area (Å²) in [7, 11) is 0. The van der Waals surface area contributed by atoms with Crippen molar-refractivity contribution in [3.8, 4) is 0 Å². The quantitative estimate of drug-likeness (QED) is 0.511. The average Bonchev–Trinajstić information content (AvgIpc) is 2.56. The number of hydrogen-bond donors (Lipinski definition) is 0. The van der Waals surface area contributed by atoms with Crippen LogP contribution in [0.2, 0.25) is 0 Å². The van der Waals surface area contributed by atoms with Crippen LogP contribution in [-0.4, -0.2) is 12.1 Å². The van der Waals surface area contributed by atoms with Gasteiger partial charge in [-0.05, 0) is 31.6 Å². The van der Waals surface area contributed by atoms with E-state index in [0.29, 0.717) is 11.8 Å². The number of carbonyl (C=O) groups excluding carboxylic acids is 1. The fraction of sp³-hybridized carbons (Fsp3) is 0.900. The summed E-state index contributed by atoms with van der Waals surface area (Å²) in [6.07, 6.45) is 2.64. The highest BCUT2D eigenvalue weighted by molar-refractivity contribution is 5.81. The van der Waals surface area contributed by atoms with Crippen molar-refractivity contribution in [2.45, 2.75) is 32.8 Å². The van der Waals surface area contributed by atoms with Gasteiger partial charge < -0.3 is 4.74 Å². The molecule has 1 aliphatic heterocycles. The number of fused-ring (bicyclic) bond motifs is 1. The average molecular weight is 166 g/mol. The van der Waals surface area contributed by atoms with Crippen LogP contribution >= 0.6 is 0 Å². The van der Waals surface area contributed by atoms with Gasteiger partial charge in [-0.15, -0.1) is 0 Å². The molecule has 0 amide bonds. The first-order valence-electron chi connectivity index (χ1n) is 4.85. The van der Waals surface area contributed by atoms with E-state index in [2.05, 4.69) is 13.8 Å². The summed E-state index contributed by atoms with van der Waals surface area (Å²) in [6.45, 7) is 4.32. The molecule has 1 saturated heterocycles. The molecule has 66 valence electrons. The standard InChI is InChI=1S/C10H14O2/c1-5-6-3-7-8(4-6)12-9(11)10(5,7)2/h5-8H,3-4H2,1-2H3/t5-,6?,7?,8?,10?/m0/s1. The molecule has 0 aromatic rings. The lowest BCUT2D eigenvalue weighted by atomic mass is 9.69. The molecule has 0 aromatic heterocycles. The molecule has 5 atom stereocenters. The second kappa shape index (κ2) is 1.70. The third kappa shape index (κ3) is 0.484. The SMILES string of the molecule is C[C@H]1C2CC3OC(=O)C1(C)C3C2. The molecule has 3 fully saturated rings. The minimum Gasteiger partial charge on any atom is -0.462 e. The molecule has 0 radical (unpaired) electrons. The monoisotopic (exact) mass is 166 g/mol. The Bertz CT molecular complexity index is 261. The Balaban J connectivity index is 2.14. The summed E-state index contributed by atoms with van der Waals surface area (Å²) in [6, 6.07) is 0. The molecule has 3 aliphatic rings. The Morgan fingerprint density at radius 3 is 2.83 bits per heavy atom. The Morgan fingerprint density at radius 2 is 2.25 bits per heavy atom. The van der Waals surface area contributed by atoms with Crippen molar-refractivity contribution in [3.63, 3.8) is 0 Å². The highest BCUT2D eigenvalue weighted by atomic mass is 16.6. The van der Waals surface area contributed by atoms with Crippen molar-refractivity contribution in [2.24, 2.45) is 23.2 Å². The number of ether oxygens (including phenoxy) is 1. The topological polar surface area (TPSA) is 26.3 Å². The Labute approximate surface area is 72.3 Å². The molecular formula is C10H14O2. The van der Waals surface area contributed by atoms with Crippen LogP contribution in [0.5, 0.6) is 0 Å². The van der Waals surface area contributed by atoms with Crippen molar-refractivity contribution >= 4 is 5.97 Å². The van der Waals surface area contributed by atoms with E-state index in [9.17, 15) is 4.79 Å². The Kier molecular flexibility index (Phi) is 0.984. The molecule has 2 nitrogen and oxygen atoms in total. The number of esters is 1. The van der Waals surface area contributed by atoms with Gasteiger partial charge in [0.1, 0.15) is 6.10 Å². The molecule has 12 heavy (non-hydrogen) atoms. The van der Waals surface area contributed by atoms with Crippen molar-refractivity contribution in [1.29, 1.82) is 0 Å². The Morgan fingerprint density at radius 1 is 1.50 bits per heavy atom. The molecule has 3 rings (SSSR count). The summed E-state index contributed by atoms with van der Waals surface area (Å²) < 4.78 is 5.37. The molecule has 0 N–H and O–H groups in total. The van der Waals surface area contributed by atoms with E-state index < -0.39 is 0 Å². The van der Waals surface area contributed by atoms with Gasteiger partial charge in [-0.1, -0.05) is 6.92 Å². The van der Waals surface area contributed by atoms with Crippen molar-refractivity contribution in [3.05, 3.63) is 0 Å². The highest BCUT2D eigenvalue weighted by Crippen LogP contribution is 2.64. The number of rotatable bonds is 0. The van der Waals surface area contributed by atoms with E-state index in [1.807, 2.05) is 0 Å². The van der Waals surface area contributed by atoms with Crippen LogP contribution in [0.15, 0.2) is 0 Å². The Hall–Kier alpha value is -0.530. The molecular weight excluding hydrogens is 152 g/mol. The van der Waals surface area contributed by atoms with Gasteiger partial charge in [0.05, 0.1) is 5.41 Å². The molecule has 1 heterocycles. The van der Waals surface area contributed by atoms with Crippen molar-refractivity contribution < 1.29 is 9.53 Å².